The third-order valence-corrected chi connectivity index (χ3v) is 2.49. The molecule has 1 aliphatic rings. The first-order valence-electron chi connectivity index (χ1n) is 4.69. The lowest BCUT2D eigenvalue weighted by Gasteiger charge is -2.17. The fourth-order valence-corrected chi connectivity index (χ4v) is 1.65. The first-order valence-corrected chi connectivity index (χ1v) is 4.69. The molecule has 1 aliphatic heterocycles. The van der Waals surface area contributed by atoms with E-state index in [9.17, 15) is 0 Å². The number of nitrogen functional groups attached to an aromatic ring is 2. The predicted molar refractivity (Wildman–Crippen MR) is 57.9 cm³/mol. The molecule has 0 amide bonds. The van der Waals surface area contributed by atoms with Gasteiger partial charge >= 0.3 is 0 Å². The number of hydrogen-bond acceptors (Lipinski definition) is 5. The minimum Gasteiger partial charge on any atom is -0.396 e. The molecule has 1 fully saturated rings. The van der Waals surface area contributed by atoms with Crippen molar-refractivity contribution in [1.82, 2.24) is 4.98 Å². The summed E-state index contributed by atoms with van der Waals surface area (Å²) in [6.45, 7) is 1.79. The number of nitrogens with two attached hydrogens (primary N) is 3. The molecule has 0 bridgehead atoms. The zero-order valence-electron chi connectivity index (χ0n) is 7.98. The van der Waals surface area contributed by atoms with Gasteiger partial charge in [-0.1, -0.05) is 0 Å². The second kappa shape index (κ2) is 3.34. The minimum atomic E-state index is 0.246. The van der Waals surface area contributed by atoms with Gasteiger partial charge in [-0.2, -0.15) is 0 Å². The van der Waals surface area contributed by atoms with E-state index in [4.69, 9.17) is 17.2 Å². The number of nitrogens with zero attached hydrogens (tertiary/aromatic N) is 2. The Morgan fingerprint density at radius 2 is 2.14 bits per heavy atom. The quantitative estimate of drug-likeness (QED) is 0.573. The Morgan fingerprint density at radius 1 is 1.36 bits per heavy atom. The topological polar surface area (TPSA) is 94.2 Å². The fourth-order valence-electron chi connectivity index (χ4n) is 1.65. The summed E-state index contributed by atoms with van der Waals surface area (Å²) >= 11 is 0. The van der Waals surface area contributed by atoms with Crippen LogP contribution in [0.25, 0.3) is 0 Å². The first kappa shape index (κ1) is 9.08. The van der Waals surface area contributed by atoms with Gasteiger partial charge in [0.05, 0.1) is 5.69 Å². The Balaban J connectivity index is 2.20. The molecule has 5 nitrogen and oxygen atoms in total. The third kappa shape index (κ3) is 1.58. The zero-order chi connectivity index (χ0) is 10.1. The highest BCUT2D eigenvalue weighted by atomic mass is 15.2. The largest absolute Gasteiger partial charge is 0.396 e. The van der Waals surface area contributed by atoms with Crippen LogP contribution >= 0.6 is 0 Å². The molecule has 2 heterocycles. The SMILES string of the molecule is Nc1ccc(N2CCC(N)C2)nc1N. The van der Waals surface area contributed by atoms with Gasteiger partial charge in [-0.3, -0.25) is 0 Å². The molecule has 1 aromatic heterocycles. The van der Waals surface area contributed by atoms with E-state index in [-0.39, 0.29) is 6.04 Å². The zero-order valence-corrected chi connectivity index (χ0v) is 7.98. The van der Waals surface area contributed by atoms with Crippen molar-refractivity contribution in [3.63, 3.8) is 0 Å². The molecule has 0 saturated carbocycles. The van der Waals surface area contributed by atoms with Gasteiger partial charge in [-0.05, 0) is 18.6 Å². The van der Waals surface area contributed by atoms with Gasteiger partial charge in [0.2, 0.25) is 0 Å². The molecule has 1 aromatic rings. The van der Waals surface area contributed by atoms with Gasteiger partial charge in [0.25, 0.3) is 0 Å². The van der Waals surface area contributed by atoms with E-state index in [0.717, 1.165) is 25.3 Å². The smallest absolute Gasteiger partial charge is 0.149 e. The summed E-state index contributed by atoms with van der Waals surface area (Å²) in [4.78, 5) is 6.34. The molecule has 0 aromatic carbocycles. The van der Waals surface area contributed by atoms with Crippen LogP contribution in [0.15, 0.2) is 12.1 Å². The van der Waals surface area contributed by atoms with Crippen LogP contribution < -0.4 is 22.1 Å². The lowest BCUT2D eigenvalue weighted by Crippen LogP contribution is -2.27. The Morgan fingerprint density at radius 3 is 2.71 bits per heavy atom. The maximum Gasteiger partial charge on any atom is 0.149 e. The Labute approximate surface area is 82.9 Å². The first-order chi connectivity index (χ1) is 6.66. The highest BCUT2D eigenvalue weighted by molar-refractivity contribution is 5.62. The van der Waals surface area contributed by atoms with E-state index in [1.165, 1.54) is 0 Å². The van der Waals surface area contributed by atoms with E-state index in [1.54, 1.807) is 6.07 Å². The van der Waals surface area contributed by atoms with Crippen molar-refractivity contribution in [3.05, 3.63) is 12.1 Å². The third-order valence-electron chi connectivity index (χ3n) is 2.49. The molecule has 0 radical (unpaired) electrons. The van der Waals surface area contributed by atoms with Gasteiger partial charge in [-0.25, -0.2) is 4.98 Å². The molecule has 5 heteroatoms. The molecule has 0 spiro atoms. The molecule has 6 N–H and O–H groups in total. The molecule has 14 heavy (non-hydrogen) atoms. The van der Waals surface area contributed by atoms with Crippen LogP contribution in [0.4, 0.5) is 17.3 Å². The van der Waals surface area contributed by atoms with E-state index in [0.29, 0.717) is 11.5 Å². The molecule has 0 aliphatic carbocycles. The van der Waals surface area contributed by atoms with Crippen LogP contribution in [-0.4, -0.2) is 24.1 Å². The van der Waals surface area contributed by atoms with Gasteiger partial charge in [-0.15, -0.1) is 0 Å². The van der Waals surface area contributed by atoms with Crippen LogP contribution in [-0.2, 0) is 0 Å². The normalized spacial score (nSPS) is 21.5. The number of aromatic nitrogens is 1. The van der Waals surface area contributed by atoms with Gasteiger partial charge in [0, 0.05) is 19.1 Å². The highest BCUT2D eigenvalue weighted by Gasteiger charge is 2.20. The average molecular weight is 193 g/mol. The van der Waals surface area contributed by atoms with E-state index in [2.05, 4.69) is 9.88 Å². The van der Waals surface area contributed by atoms with Crippen molar-refractivity contribution < 1.29 is 0 Å². The van der Waals surface area contributed by atoms with Crippen LogP contribution in [0.5, 0.6) is 0 Å². The fraction of sp³-hybridized carbons (Fsp3) is 0.444. The number of anilines is 3. The second-order valence-corrected chi connectivity index (χ2v) is 3.64. The van der Waals surface area contributed by atoms with Crippen molar-refractivity contribution in [2.24, 2.45) is 5.73 Å². The summed E-state index contributed by atoms with van der Waals surface area (Å²) in [6, 6.07) is 3.90. The monoisotopic (exact) mass is 193 g/mol. The van der Waals surface area contributed by atoms with Crippen molar-refractivity contribution in [1.29, 1.82) is 0 Å². The van der Waals surface area contributed by atoms with Gasteiger partial charge in [0.1, 0.15) is 11.6 Å². The summed E-state index contributed by atoms with van der Waals surface area (Å²) in [5, 5.41) is 0. The van der Waals surface area contributed by atoms with Crippen LogP contribution in [0, 0.1) is 0 Å². The Hall–Kier alpha value is -1.49. The predicted octanol–water partition coefficient (Wildman–Crippen LogP) is -0.217. The number of hydrogen-bond donors (Lipinski definition) is 3. The van der Waals surface area contributed by atoms with E-state index >= 15 is 0 Å². The maximum absolute atomic E-state index is 5.81. The highest BCUT2D eigenvalue weighted by Crippen LogP contribution is 2.21. The molecular weight excluding hydrogens is 178 g/mol. The summed E-state index contributed by atoms with van der Waals surface area (Å²) in [6.07, 6.45) is 1.01. The molecular formula is C9H15N5. The van der Waals surface area contributed by atoms with Crippen molar-refractivity contribution in [3.8, 4) is 0 Å². The van der Waals surface area contributed by atoms with Crippen LogP contribution in [0.3, 0.4) is 0 Å². The molecule has 1 unspecified atom stereocenters. The summed E-state index contributed by atoms with van der Waals surface area (Å²) < 4.78 is 0. The van der Waals surface area contributed by atoms with Gasteiger partial charge < -0.3 is 22.1 Å². The number of pyridine rings is 1. The molecule has 1 atom stereocenters. The molecule has 2 rings (SSSR count). The van der Waals surface area contributed by atoms with Crippen LogP contribution in [0.2, 0.25) is 0 Å². The van der Waals surface area contributed by atoms with E-state index in [1.807, 2.05) is 6.07 Å². The summed E-state index contributed by atoms with van der Waals surface area (Å²) in [5.74, 6) is 1.26. The second-order valence-electron chi connectivity index (χ2n) is 3.64. The van der Waals surface area contributed by atoms with Gasteiger partial charge in [0.15, 0.2) is 0 Å². The maximum atomic E-state index is 5.81. The van der Waals surface area contributed by atoms with Crippen molar-refractivity contribution >= 4 is 17.3 Å². The molecule has 1 saturated heterocycles. The Bertz CT molecular complexity index is 338. The average Bonchev–Trinajstić information content (AvgIpc) is 2.57. The minimum absolute atomic E-state index is 0.246. The van der Waals surface area contributed by atoms with Crippen LogP contribution in [0.1, 0.15) is 6.42 Å². The lowest BCUT2D eigenvalue weighted by atomic mass is 10.3. The summed E-state index contributed by atoms with van der Waals surface area (Å²) in [7, 11) is 0. The Kier molecular flexibility index (Phi) is 2.17. The standard InChI is InChI=1S/C9H15N5/c10-6-3-4-14(5-6)8-2-1-7(11)9(12)13-8/h1-2,6H,3-5,10-11H2,(H2,12,13). The number of rotatable bonds is 1. The lowest BCUT2D eigenvalue weighted by molar-refractivity contribution is 0.751. The molecule has 76 valence electrons. The van der Waals surface area contributed by atoms with Crippen molar-refractivity contribution in [2.75, 3.05) is 29.5 Å². The summed E-state index contributed by atoms with van der Waals surface area (Å²) in [5.41, 5.74) is 17.5. The van der Waals surface area contributed by atoms with E-state index < -0.39 is 0 Å². The van der Waals surface area contributed by atoms with Crippen molar-refractivity contribution in [2.45, 2.75) is 12.5 Å².